The predicted molar refractivity (Wildman–Crippen MR) is 36.3 cm³/mol. The fourth-order valence-electron chi connectivity index (χ4n) is 1.07. The van der Waals surface area contributed by atoms with E-state index in [1.807, 2.05) is 6.08 Å². The zero-order valence-corrected chi connectivity index (χ0v) is 5.34. The zero-order chi connectivity index (χ0) is 6.97. The molecule has 0 spiro atoms. The molecule has 0 aliphatic carbocycles. The minimum absolute atomic E-state index is 0.174. The van der Waals surface area contributed by atoms with Crippen molar-refractivity contribution in [1.82, 2.24) is 10.4 Å². The molecule has 52 valence electrons. The molecule has 0 aromatic carbocycles. The monoisotopic (exact) mass is 138 g/mol. The number of hydrazine groups is 1. The van der Waals surface area contributed by atoms with E-state index in [2.05, 4.69) is 5.43 Å². The van der Waals surface area contributed by atoms with E-state index in [1.165, 1.54) is 6.08 Å². The molecule has 2 rings (SSSR count). The molecule has 1 N–H and O–H groups in total. The topological polar surface area (TPSA) is 15.3 Å². The average Bonchev–Trinajstić information content (AvgIpc) is 2.36. The van der Waals surface area contributed by atoms with Gasteiger partial charge in [0.2, 0.25) is 0 Å². The van der Waals surface area contributed by atoms with Gasteiger partial charge in [0.1, 0.15) is 5.83 Å². The number of hydrogen-bond donors (Lipinski definition) is 1. The van der Waals surface area contributed by atoms with Crippen LogP contribution in [-0.2, 0) is 0 Å². The van der Waals surface area contributed by atoms with E-state index in [-0.39, 0.29) is 5.83 Å². The van der Waals surface area contributed by atoms with Crippen molar-refractivity contribution < 1.29 is 4.39 Å². The van der Waals surface area contributed by atoms with Gasteiger partial charge in [0.25, 0.3) is 0 Å². The summed E-state index contributed by atoms with van der Waals surface area (Å²) in [6.07, 6.45) is 6.73. The molecule has 3 heteroatoms. The third-order valence-electron chi connectivity index (χ3n) is 1.54. The molecule has 2 aliphatic heterocycles. The highest BCUT2D eigenvalue weighted by atomic mass is 19.1. The van der Waals surface area contributed by atoms with E-state index in [9.17, 15) is 4.39 Å². The maximum atomic E-state index is 12.8. The first-order chi connectivity index (χ1) is 4.88. The summed E-state index contributed by atoms with van der Waals surface area (Å²) in [7, 11) is 0. The maximum absolute atomic E-state index is 12.8. The van der Waals surface area contributed by atoms with Crippen LogP contribution in [0.1, 0.15) is 0 Å². The first-order valence-electron chi connectivity index (χ1n) is 3.15. The number of nitrogens with zero attached hydrogens (tertiary/aromatic N) is 1. The van der Waals surface area contributed by atoms with Crippen molar-refractivity contribution in [3.8, 4) is 0 Å². The molecule has 0 radical (unpaired) electrons. The highest BCUT2D eigenvalue weighted by molar-refractivity contribution is 5.34. The normalized spacial score (nSPS) is 22.3. The molecule has 2 heterocycles. The lowest BCUT2D eigenvalue weighted by atomic mass is 10.3. The van der Waals surface area contributed by atoms with Gasteiger partial charge in [-0.15, -0.1) is 0 Å². The van der Waals surface area contributed by atoms with Crippen molar-refractivity contribution in [2.75, 3.05) is 6.54 Å². The number of rotatable bonds is 0. The second-order valence-electron chi connectivity index (χ2n) is 2.18. The Balaban J connectivity index is 2.38. The summed E-state index contributed by atoms with van der Waals surface area (Å²) in [6.45, 7) is 0.709. The van der Waals surface area contributed by atoms with Crippen LogP contribution in [-0.4, -0.2) is 11.6 Å². The zero-order valence-electron chi connectivity index (χ0n) is 5.34. The summed E-state index contributed by atoms with van der Waals surface area (Å²) in [5, 5.41) is 1.68. The Morgan fingerprint density at radius 2 is 2.50 bits per heavy atom. The smallest absolute Gasteiger partial charge is 0.148 e. The number of allylic oxidation sites excluding steroid dienone is 3. The molecule has 0 saturated carbocycles. The minimum Gasteiger partial charge on any atom is -0.281 e. The summed E-state index contributed by atoms with van der Waals surface area (Å²) < 4.78 is 12.8. The largest absolute Gasteiger partial charge is 0.281 e. The number of nitrogens with one attached hydrogen (secondary N) is 1. The van der Waals surface area contributed by atoms with Crippen molar-refractivity contribution in [2.45, 2.75) is 0 Å². The fourth-order valence-corrected chi connectivity index (χ4v) is 1.07. The number of hydrogen-bond acceptors (Lipinski definition) is 2. The molecule has 0 aromatic heterocycles. The standard InChI is InChI=1S/C7H7FN2/c8-6-2-1-5-10-7(6)3-4-9-10/h1-3,5,9H,4H2. The molecule has 2 aliphatic rings. The van der Waals surface area contributed by atoms with E-state index in [1.54, 1.807) is 17.3 Å². The molecule has 10 heavy (non-hydrogen) atoms. The van der Waals surface area contributed by atoms with Gasteiger partial charge in [-0.05, 0) is 18.2 Å². The van der Waals surface area contributed by atoms with Crippen LogP contribution in [0.4, 0.5) is 4.39 Å². The Morgan fingerprint density at radius 1 is 1.60 bits per heavy atom. The lowest BCUT2D eigenvalue weighted by molar-refractivity contribution is 0.372. The summed E-state index contributed by atoms with van der Waals surface area (Å²) in [4.78, 5) is 0. The third-order valence-corrected chi connectivity index (χ3v) is 1.54. The molecular weight excluding hydrogens is 131 g/mol. The Morgan fingerprint density at radius 3 is 3.30 bits per heavy atom. The molecular formula is C7H7FN2. The molecule has 0 unspecified atom stereocenters. The van der Waals surface area contributed by atoms with Crippen molar-refractivity contribution >= 4 is 0 Å². The van der Waals surface area contributed by atoms with Crippen LogP contribution < -0.4 is 5.43 Å². The van der Waals surface area contributed by atoms with Gasteiger partial charge in [-0.1, -0.05) is 0 Å². The predicted octanol–water partition coefficient (Wildman–Crippen LogP) is 1.07. The first kappa shape index (κ1) is 5.68. The number of halogens is 1. The quantitative estimate of drug-likeness (QED) is 0.538. The van der Waals surface area contributed by atoms with E-state index in [0.717, 1.165) is 0 Å². The van der Waals surface area contributed by atoms with Gasteiger partial charge >= 0.3 is 0 Å². The molecule has 0 aromatic rings. The average molecular weight is 138 g/mol. The van der Waals surface area contributed by atoms with Gasteiger partial charge < -0.3 is 0 Å². The van der Waals surface area contributed by atoms with Crippen molar-refractivity contribution in [3.63, 3.8) is 0 Å². The molecule has 0 saturated heterocycles. The van der Waals surface area contributed by atoms with E-state index in [0.29, 0.717) is 12.2 Å². The van der Waals surface area contributed by atoms with Crippen LogP contribution in [0.5, 0.6) is 0 Å². The van der Waals surface area contributed by atoms with E-state index >= 15 is 0 Å². The van der Waals surface area contributed by atoms with Crippen LogP contribution in [0.15, 0.2) is 36.0 Å². The molecule has 0 bridgehead atoms. The molecule has 0 fully saturated rings. The summed E-state index contributed by atoms with van der Waals surface area (Å²) in [6, 6.07) is 0. The fraction of sp³-hybridized carbons (Fsp3) is 0.143. The van der Waals surface area contributed by atoms with Gasteiger partial charge in [0.15, 0.2) is 0 Å². The second-order valence-corrected chi connectivity index (χ2v) is 2.18. The summed E-state index contributed by atoms with van der Waals surface area (Å²) in [5.41, 5.74) is 3.59. The minimum atomic E-state index is -0.174. The summed E-state index contributed by atoms with van der Waals surface area (Å²) >= 11 is 0. The third kappa shape index (κ3) is 0.675. The van der Waals surface area contributed by atoms with E-state index in [4.69, 9.17) is 0 Å². The highest BCUT2D eigenvalue weighted by Crippen LogP contribution is 2.21. The highest BCUT2D eigenvalue weighted by Gasteiger charge is 2.17. The number of fused-ring (bicyclic) bond motifs is 1. The van der Waals surface area contributed by atoms with Gasteiger partial charge in [0, 0.05) is 12.7 Å². The Labute approximate surface area is 58.3 Å². The van der Waals surface area contributed by atoms with Gasteiger partial charge in [-0.3, -0.25) is 5.01 Å². The van der Waals surface area contributed by atoms with Crippen LogP contribution in [0, 0.1) is 0 Å². The van der Waals surface area contributed by atoms with Crippen LogP contribution in [0.2, 0.25) is 0 Å². The molecule has 0 amide bonds. The lowest BCUT2D eigenvalue weighted by Crippen LogP contribution is -2.27. The maximum Gasteiger partial charge on any atom is 0.148 e. The lowest BCUT2D eigenvalue weighted by Gasteiger charge is -2.18. The second kappa shape index (κ2) is 1.95. The van der Waals surface area contributed by atoms with Crippen LogP contribution in [0.25, 0.3) is 0 Å². The van der Waals surface area contributed by atoms with Crippen LogP contribution in [0.3, 0.4) is 0 Å². The van der Waals surface area contributed by atoms with Crippen molar-refractivity contribution in [3.05, 3.63) is 36.0 Å². The van der Waals surface area contributed by atoms with E-state index < -0.39 is 0 Å². The summed E-state index contributed by atoms with van der Waals surface area (Å²) in [5.74, 6) is -0.174. The SMILES string of the molecule is FC1=CC=CN2NCC=C12. The van der Waals surface area contributed by atoms with Gasteiger partial charge in [0.05, 0.1) is 5.70 Å². The Kier molecular flexibility index (Phi) is 1.11. The van der Waals surface area contributed by atoms with Crippen LogP contribution >= 0.6 is 0 Å². The van der Waals surface area contributed by atoms with Gasteiger partial charge in [-0.25, -0.2) is 9.82 Å². The molecule has 0 atom stereocenters. The molecule has 2 nitrogen and oxygen atoms in total. The Bertz CT molecular complexity index is 240. The van der Waals surface area contributed by atoms with Gasteiger partial charge in [-0.2, -0.15) is 0 Å². The van der Waals surface area contributed by atoms with Crippen molar-refractivity contribution in [2.24, 2.45) is 0 Å². The Hall–Kier alpha value is -1.09. The van der Waals surface area contributed by atoms with Crippen molar-refractivity contribution in [1.29, 1.82) is 0 Å². The first-order valence-corrected chi connectivity index (χ1v) is 3.15.